The summed E-state index contributed by atoms with van der Waals surface area (Å²) in [6, 6.07) is 7.87. The molecule has 1 aliphatic carbocycles. The number of aromatic nitrogens is 3. The number of aromatic amines is 1. The summed E-state index contributed by atoms with van der Waals surface area (Å²) in [5.41, 5.74) is 6.84. The minimum absolute atomic E-state index is 0.0748. The molecule has 0 spiro atoms. The van der Waals surface area contributed by atoms with E-state index >= 15 is 0 Å². The number of nitrogens with one attached hydrogen (secondary N) is 2. The number of benzene rings is 1. The second-order valence-corrected chi connectivity index (χ2v) is 9.87. The van der Waals surface area contributed by atoms with Crippen LogP contribution in [0.5, 0.6) is 0 Å². The standard InChI is InChI=1S/C25H27F5N6O/c1-32-20(31)10-23(12-37-13-23)15-4-2-3-14(7-15)21-17-8-19(25(28,29)30)34-18(22(17)36-35-21)11-33-16-5-6-24(26,27)9-16/h2-4,7-8,16,33H,5-6,9-13H2,1H3,(H2,31,32)(H,35,36). The monoisotopic (exact) mass is 522 g/mol. The second kappa shape index (κ2) is 9.32. The van der Waals surface area contributed by atoms with Crippen molar-refractivity contribution in [1.82, 2.24) is 20.5 Å². The van der Waals surface area contributed by atoms with Crippen LogP contribution >= 0.6 is 0 Å². The molecule has 2 aromatic heterocycles. The number of halogens is 5. The number of rotatable bonds is 7. The maximum atomic E-state index is 13.8. The third-order valence-electron chi connectivity index (χ3n) is 7.19. The van der Waals surface area contributed by atoms with Crippen molar-refractivity contribution in [2.75, 3.05) is 20.3 Å². The zero-order valence-electron chi connectivity index (χ0n) is 20.1. The Bertz CT molecular complexity index is 1330. The number of hydrogen-bond donors (Lipinski definition) is 3. The first-order valence-corrected chi connectivity index (χ1v) is 12.0. The van der Waals surface area contributed by atoms with E-state index in [9.17, 15) is 22.0 Å². The third kappa shape index (κ3) is 5.04. The summed E-state index contributed by atoms with van der Waals surface area (Å²) in [5, 5.41) is 10.4. The van der Waals surface area contributed by atoms with E-state index in [0.29, 0.717) is 42.2 Å². The Kier molecular flexibility index (Phi) is 6.43. The number of ether oxygens (including phenoxy) is 1. The Labute approximate surface area is 209 Å². The van der Waals surface area contributed by atoms with Crippen molar-refractivity contribution in [2.24, 2.45) is 10.7 Å². The van der Waals surface area contributed by atoms with E-state index < -0.39 is 23.8 Å². The van der Waals surface area contributed by atoms with Gasteiger partial charge in [0.05, 0.1) is 30.3 Å². The lowest BCUT2D eigenvalue weighted by molar-refractivity contribution is -0.141. The first-order chi connectivity index (χ1) is 17.5. The van der Waals surface area contributed by atoms with Crippen molar-refractivity contribution in [3.05, 3.63) is 47.3 Å². The molecule has 0 radical (unpaired) electrons. The topological polar surface area (TPSA) is 101 Å². The molecule has 5 rings (SSSR count). The molecule has 1 aliphatic heterocycles. The Morgan fingerprint density at radius 1 is 1.27 bits per heavy atom. The molecule has 1 saturated carbocycles. The zero-order chi connectivity index (χ0) is 26.4. The number of hydrogen-bond acceptors (Lipinski definition) is 5. The molecule has 1 saturated heterocycles. The van der Waals surface area contributed by atoms with Crippen molar-refractivity contribution < 1.29 is 26.7 Å². The summed E-state index contributed by atoms with van der Waals surface area (Å²) >= 11 is 0. The van der Waals surface area contributed by atoms with Gasteiger partial charge in [0.25, 0.3) is 0 Å². The number of amidine groups is 1. The van der Waals surface area contributed by atoms with Crippen LogP contribution in [0, 0.1) is 0 Å². The highest BCUT2D eigenvalue weighted by atomic mass is 19.4. The molecule has 37 heavy (non-hydrogen) atoms. The van der Waals surface area contributed by atoms with Crippen LogP contribution in [-0.2, 0) is 22.9 Å². The zero-order valence-corrected chi connectivity index (χ0v) is 20.1. The molecule has 198 valence electrons. The van der Waals surface area contributed by atoms with Gasteiger partial charge >= 0.3 is 6.18 Å². The summed E-state index contributed by atoms with van der Waals surface area (Å²) in [4.78, 5) is 7.86. The first-order valence-electron chi connectivity index (χ1n) is 12.0. The molecule has 2 fully saturated rings. The molecule has 3 aromatic rings. The summed E-state index contributed by atoms with van der Waals surface area (Å²) in [7, 11) is 1.62. The molecule has 1 unspecified atom stereocenters. The average Bonchev–Trinajstić information content (AvgIpc) is 3.41. The van der Waals surface area contributed by atoms with E-state index in [-0.39, 0.29) is 42.3 Å². The molecular formula is C25H27F5N6O. The van der Waals surface area contributed by atoms with Crippen LogP contribution in [0.1, 0.15) is 42.6 Å². The number of aliphatic imine (C=N–C) groups is 1. The first kappa shape index (κ1) is 25.5. The minimum atomic E-state index is -4.69. The number of alkyl halides is 5. The van der Waals surface area contributed by atoms with E-state index in [1.807, 2.05) is 18.2 Å². The lowest BCUT2D eigenvalue weighted by Crippen LogP contribution is -2.49. The number of pyridine rings is 1. The van der Waals surface area contributed by atoms with Crippen molar-refractivity contribution in [3.8, 4) is 11.3 Å². The number of fused-ring (bicyclic) bond motifs is 1. The van der Waals surface area contributed by atoms with Crippen molar-refractivity contribution in [2.45, 2.75) is 55.8 Å². The molecular weight excluding hydrogens is 495 g/mol. The van der Waals surface area contributed by atoms with Gasteiger partial charge in [-0.25, -0.2) is 13.8 Å². The van der Waals surface area contributed by atoms with Gasteiger partial charge < -0.3 is 15.8 Å². The van der Waals surface area contributed by atoms with Crippen molar-refractivity contribution in [3.63, 3.8) is 0 Å². The summed E-state index contributed by atoms with van der Waals surface area (Å²) in [6.07, 6.45) is -4.55. The van der Waals surface area contributed by atoms with Gasteiger partial charge in [0.1, 0.15) is 11.4 Å². The summed E-state index contributed by atoms with van der Waals surface area (Å²) < 4.78 is 73.9. The Balaban J connectivity index is 1.52. The molecule has 4 N–H and O–H groups in total. The molecule has 0 bridgehead atoms. The fourth-order valence-electron chi connectivity index (χ4n) is 5.08. The highest BCUT2D eigenvalue weighted by molar-refractivity contribution is 5.94. The van der Waals surface area contributed by atoms with E-state index in [2.05, 4.69) is 25.5 Å². The van der Waals surface area contributed by atoms with E-state index in [0.717, 1.165) is 11.6 Å². The Morgan fingerprint density at radius 2 is 2.05 bits per heavy atom. The van der Waals surface area contributed by atoms with Gasteiger partial charge in [-0.2, -0.15) is 18.3 Å². The highest BCUT2D eigenvalue weighted by Crippen LogP contribution is 2.40. The normalized spacial score (nSPS) is 21.4. The van der Waals surface area contributed by atoms with Gasteiger partial charge in [-0.1, -0.05) is 18.2 Å². The van der Waals surface area contributed by atoms with Gasteiger partial charge in [-0.3, -0.25) is 10.1 Å². The summed E-state index contributed by atoms with van der Waals surface area (Å²) in [6.45, 7) is 0.803. The lowest BCUT2D eigenvalue weighted by atomic mass is 9.75. The van der Waals surface area contributed by atoms with Crippen LogP contribution in [0.3, 0.4) is 0 Å². The number of H-pyrrole nitrogens is 1. The van der Waals surface area contributed by atoms with Crippen molar-refractivity contribution >= 4 is 16.7 Å². The maximum absolute atomic E-state index is 13.8. The van der Waals surface area contributed by atoms with Crippen LogP contribution in [-0.4, -0.2) is 53.2 Å². The number of nitrogens with zero attached hydrogens (tertiary/aromatic N) is 3. The van der Waals surface area contributed by atoms with Gasteiger partial charge in [-0.05, 0) is 24.1 Å². The quantitative estimate of drug-likeness (QED) is 0.240. The van der Waals surface area contributed by atoms with Crippen LogP contribution < -0.4 is 11.1 Å². The summed E-state index contributed by atoms with van der Waals surface area (Å²) in [5.74, 6) is -2.28. The smallest absolute Gasteiger partial charge is 0.387 e. The fourth-order valence-corrected chi connectivity index (χ4v) is 5.08. The molecule has 7 nitrogen and oxygen atoms in total. The minimum Gasteiger partial charge on any atom is -0.387 e. The molecule has 3 heterocycles. The third-order valence-corrected chi connectivity index (χ3v) is 7.19. The van der Waals surface area contributed by atoms with Gasteiger partial charge in [-0.15, -0.1) is 0 Å². The molecule has 1 atom stereocenters. The van der Waals surface area contributed by atoms with Gasteiger partial charge in [0.2, 0.25) is 5.92 Å². The predicted molar refractivity (Wildman–Crippen MR) is 128 cm³/mol. The largest absolute Gasteiger partial charge is 0.433 e. The average molecular weight is 523 g/mol. The molecule has 0 amide bonds. The lowest BCUT2D eigenvalue weighted by Gasteiger charge is -2.42. The van der Waals surface area contributed by atoms with Crippen molar-refractivity contribution in [1.29, 1.82) is 0 Å². The predicted octanol–water partition coefficient (Wildman–Crippen LogP) is 4.57. The number of nitrogens with two attached hydrogens (primary N) is 1. The van der Waals surface area contributed by atoms with E-state index in [1.165, 1.54) is 0 Å². The maximum Gasteiger partial charge on any atom is 0.433 e. The van der Waals surface area contributed by atoms with E-state index in [1.54, 1.807) is 13.1 Å². The molecule has 12 heteroatoms. The van der Waals surface area contributed by atoms with Crippen LogP contribution in [0.15, 0.2) is 35.3 Å². The SMILES string of the molecule is CN=C(N)CC1(c2cccc(-c3n[nH]c4c(CNC5CCC(F)(F)C5)nc(C(F)(F)F)cc34)c2)COC1. The van der Waals surface area contributed by atoms with Gasteiger partial charge in [0.15, 0.2) is 0 Å². The Hall–Kier alpha value is -3.12. The Morgan fingerprint density at radius 3 is 2.68 bits per heavy atom. The fraction of sp³-hybridized carbons (Fsp3) is 0.480. The highest BCUT2D eigenvalue weighted by Gasteiger charge is 2.42. The van der Waals surface area contributed by atoms with Crippen LogP contribution in [0.4, 0.5) is 22.0 Å². The molecule has 1 aromatic carbocycles. The molecule has 2 aliphatic rings. The van der Waals surface area contributed by atoms with E-state index in [4.69, 9.17) is 10.5 Å². The van der Waals surface area contributed by atoms with Crippen LogP contribution in [0.2, 0.25) is 0 Å². The second-order valence-electron chi connectivity index (χ2n) is 9.87. The van der Waals surface area contributed by atoms with Gasteiger partial charge in [0, 0.05) is 55.3 Å². The van der Waals surface area contributed by atoms with Crippen LogP contribution in [0.25, 0.3) is 22.2 Å².